The van der Waals surface area contributed by atoms with E-state index in [1.807, 2.05) is 54.6 Å². The van der Waals surface area contributed by atoms with Crippen molar-refractivity contribution >= 4 is 54.1 Å². The van der Waals surface area contributed by atoms with Crippen molar-refractivity contribution in [2.45, 2.75) is 6.54 Å². The highest BCUT2D eigenvalue weighted by Crippen LogP contribution is 2.32. The molecular weight excluding hydrogens is 405 g/mol. The van der Waals surface area contributed by atoms with Crippen LogP contribution in [0.5, 0.6) is 0 Å². The number of para-hydroxylation sites is 1. The molecule has 0 unspecified atom stereocenters. The maximum atomic E-state index is 13.6. The minimum atomic E-state index is -0.320. The molecule has 0 saturated carbocycles. The number of benzene rings is 3. The van der Waals surface area contributed by atoms with Crippen molar-refractivity contribution in [1.29, 1.82) is 0 Å². The Morgan fingerprint density at radius 3 is 2.45 bits per heavy atom. The average molecular weight is 420 g/mol. The van der Waals surface area contributed by atoms with Crippen LogP contribution < -0.4 is 4.90 Å². The molecule has 0 radical (unpaired) electrons. The molecule has 2 aromatic heterocycles. The Balaban J connectivity index is 1.59. The number of aromatic nitrogens is 2. The zero-order chi connectivity index (χ0) is 19.8. The van der Waals surface area contributed by atoms with E-state index in [0.29, 0.717) is 26.9 Å². The number of hydrogen-bond donors (Lipinski definition) is 0. The van der Waals surface area contributed by atoms with Crippen LogP contribution in [0.1, 0.15) is 15.4 Å². The average Bonchev–Trinajstić information content (AvgIpc) is 3.36. The number of fused-ring (bicyclic) bond motifs is 2. The van der Waals surface area contributed by atoms with Gasteiger partial charge in [0.15, 0.2) is 10.1 Å². The second-order valence-corrected chi connectivity index (χ2v) is 8.51. The fourth-order valence-corrected chi connectivity index (χ4v) is 4.98. The Morgan fingerprint density at radius 1 is 0.862 bits per heavy atom. The van der Waals surface area contributed by atoms with E-state index in [1.54, 1.807) is 11.0 Å². The van der Waals surface area contributed by atoms with E-state index in [4.69, 9.17) is 0 Å². The molecule has 4 nitrogen and oxygen atoms in total. The topological polar surface area (TPSA) is 46.1 Å². The van der Waals surface area contributed by atoms with E-state index in [9.17, 15) is 9.18 Å². The van der Waals surface area contributed by atoms with Gasteiger partial charge in [0.2, 0.25) is 0 Å². The second-order valence-electron chi connectivity index (χ2n) is 6.47. The first-order valence-corrected chi connectivity index (χ1v) is 10.6. The van der Waals surface area contributed by atoms with Crippen LogP contribution in [0.4, 0.5) is 9.52 Å². The lowest BCUT2D eigenvalue weighted by molar-refractivity contribution is 0.0985. The van der Waals surface area contributed by atoms with Crippen LogP contribution >= 0.6 is 22.7 Å². The van der Waals surface area contributed by atoms with Crippen molar-refractivity contribution in [2.75, 3.05) is 4.90 Å². The van der Waals surface area contributed by atoms with Gasteiger partial charge in [0.1, 0.15) is 5.82 Å². The summed E-state index contributed by atoms with van der Waals surface area (Å²) < 4.78 is 15.3. The minimum absolute atomic E-state index is 0.213. The molecule has 0 bridgehead atoms. The number of amides is 1. The largest absolute Gasteiger partial charge is 0.289 e. The monoisotopic (exact) mass is 419 g/mol. The van der Waals surface area contributed by atoms with Crippen molar-refractivity contribution in [3.05, 3.63) is 89.2 Å². The first-order valence-electron chi connectivity index (χ1n) is 8.95. The van der Waals surface area contributed by atoms with E-state index < -0.39 is 0 Å². The van der Waals surface area contributed by atoms with Crippen molar-refractivity contribution in [3.63, 3.8) is 0 Å². The number of nitrogens with zero attached hydrogens (tertiary/aromatic N) is 3. The second kappa shape index (κ2) is 7.35. The van der Waals surface area contributed by atoms with Gasteiger partial charge in [0.25, 0.3) is 5.91 Å². The maximum Gasteiger partial charge on any atom is 0.289 e. The third-order valence-corrected chi connectivity index (χ3v) is 6.54. The summed E-state index contributed by atoms with van der Waals surface area (Å²) in [5.74, 6) is -0.533. The van der Waals surface area contributed by atoms with Crippen molar-refractivity contribution in [1.82, 2.24) is 9.97 Å². The van der Waals surface area contributed by atoms with Gasteiger partial charge in [-0.2, -0.15) is 0 Å². The molecule has 5 aromatic rings. The standard InChI is InChI=1S/C22H14FN3OS2/c23-15-10-11-17-19(12-15)29-22(25-17)26(13-14-6-2-1-3-7-14)21(27)20-24-16-8-4-5-9-18(16)28-20/h1-12H,13H2. The van der Waals surface area contributed by atoms with Crippen LogP contribution in [0, 0.1) is 5.82 Å². The highest BCUT2D eigenvalue weighted by atomic mass is 32.1. The van der Waals surface area contributed by atoms with Crippen molar-refractivity contribution in [3.8, 4) is 0 Å². The van der Waals surface area contributed by atoms with E-state index in [-0.39, 0.29) is 11.7 Å². The Bertz CT molecular complexity index is 1300. The third-order valence-electron chi connectivity index (χ3n) is 4.48. The number of anilines is 1. The van der Waals surface area contributed by atoms with Crippen LogP contribution in [-0.4, -0.2) is 15.9 Å². The molecule has 3 aromatic carbocycles. The molecule has 0 atom stereocenters. The molecule has 1 amide bonds. The molecular formula is C22H14FN3OS2. The predicted octanol–water partition coefficient (Wildman–Crippen LogP) is 5.89. The van der Waals surface area contributed by atoms with Gasteiger partial charge in [0, 0.05) is 0 Å². The summed E-state index contributed by atoms with van der Waals surface area (Å²) in [6, 6.07) is 21.9. The fraction of sp³-hybridized carbons (Fsp3) is 0.0455. The van der Waals surface area contributed by atoms with Crippen LogP contribution in [-0.2, 0) is 6.54 Å². The first-order chi connectivity index (χ1) is 14.2. The quantitative estimate of drug-likeness (QED) is 0.365. The predicted molar refractivity (Wildman–Crippen MR) is 116 cm³/mol. The van der Waals surface area contributed by atoms with Gasteiger partial charge in [-0.1, -0.05) is 53.8 Å². The van der Waals surface area contributed by atoms with Crippen LogP contribution in [0.15, 0.2) is 72.8 Å². The molecule has 142 valence electrons. The van der Waals surface area contributed by atoms with E-state index >= 15 is 0 Å². The molecule has 0 aliphatic carbocycles. The third kappa shape index (κ3) is 3.50. The summed E-state index contributed by atoms with van der Waals surface area (Å²) in [4.78, 5) is 24.1. The summed E-state index contributed by atoms with van der Waals surface area (Å²) in [7, 11) is 0. The summed E-state index contributed by atoms with van der Waals surface area (Å²) >= 11 is 2.66. The van der Waals surface area contributed by atoms with E-state index in [0.717, 1.165) is 15.8 Å². The highest BCUT2D eigenvalue weighted by molar-refractivity contribution is 7.22. The van der Waals surface area contributed by atoms with Gasteiger partial charge in [-0.15, -0.1) is 11.3 Å². The van der Waals surface area contributed by atoms with E-state index in [2.05, 4.69) is 9.97 Å². The number of thiazole rings is 2. The Hall–Kier alpha value is -3.16. The van der Waals surface area contributed by atoms with Crippen molar-refractivity contribution in [2.24, 2.45) is 0 Å². The van der Waals surface area contributed by atoms with Gasteiger partial charge in [-0.3, -0.25) is 9.69 Å². The summed E-state index contributed by atoms with van der Waals surface area (Å²) in [5.41, 5.74) is 2.45. The Kier molecular flexibility index (Phi) is 4.54. The minimum Gasteiger partial charge on any atom is -0.277 e. The number of carbonyl (C=O) groups excluding carboxylic acids is 1. The smallest absolute Gasteiger partial charge is 0.277 e. The molecule has 29 heavy (non-hydrogen) atoms. The molecule has 0 saturated heterocycles. The van der Waals surface area contributed by atoms with Gasteiger partial charge >= 0.3 is 0 Å². The number of carbonyl (C=O) groups is 1. The number of rotatable bonds is 4. The number of hydrogen-bond acceptors (Lipinski definition) is 5. The maximum absolute atomic E-state index is 13.6. The summed E-state index contributed by atoms with van der Waals surface area (Å²) in [5, 5.41) is 0.936. The zero-order valence-electron chi connectivity index (χ0n) is 15.1. The molecule has 5 rings (SSSR count). The Labute approximate surface area is 173 Å². The van der Waals surface area contributed by atoms with E-state index in [1.165, 1.54) is 34.8 Å². The van der Waals surface area contributed by atoms with Crippen molar-refractivity contribution < 1.29 is 9.18 Å². The highest BCUT2D eigenvalue weighted by Gasteiger charge is 2.24. The van der Waals surface area contributed by atoms with Gasteiger partial charge in [-0.25, -0.2) is 14.4 Å². The molecule has 0 aliphatic heterocycles. The fourth-order valence-electron chi connectivity index (χ4n) is 3.07. The summed E-state index contributed by atoms with van der Waals surface area (Å²) in [6.45, 7) is 0.359. The van der Waals surface area contributed by atoms with Crippen LogP contribution in [0.2, 0.25) is 0 Å². The molecule has 2 heterocycles. The zero-order valence-corrected chi connectivity index (χ0v) is 16.7. The lowest BCUT2D eigenvalue weighted by Gasteiger charge is -2.18. The number of halogens is 1. The van der Waals surface area contributed by atoms with Gasteiger partial charge in [-0.05, 0) is 35.9 Å². The van der Waals surface area contributed by atoms with Gasteiger partial charge < -0.3 is 0 Å². The molecule has 0 spiro atoms. The lowest BCUT2D eigenvalue weighted by Crippen LogP contribution is -2.30. The SMILES string of the molecule is O=C(c1nc2ccccc2s1)N(Cc1ccccc1)c1nc2ccc(F)cc2s1. The summed E-state index contributed by atoms with van der Waals surface area (Å²) in [6.07, 6.45) is 0. The first kappa shape index (κ1) is 17.9. The lowest BCUT2D eigenvalue weighted by atomic mass is 10.2. The van der Waals surface area contributed by atoms with Gasteiger partial charge in [0.05, 0.1) is 27.0 Å². The Morgan fingerprint density at radius 2 is 1.62 bits per heavy atom. The molecule has 0 fully saturated rings. The molecule has 0 N–H and O–H groups in total. The van der Waals surface area contributed by atoms with Crippen LogP contribution in [0.25, 0.3) is 20.4 Å². The molecule has 0 aliphatic rings. The normalized spacial score (nSPS) is 11.2. The molecule has 7 heteroatoms. The van der Waals surface area contributed by atoms with Crippen LogP contribution in [0.3, 0.4) is 0 Å².